The van der Waals surface area contributed by atoms with Gasteiger partial charge in [0.15, 0.2) is 0 Å². The highest BCUT2D eigenvalue weighted by molar-refractivity contribution is 9.10. The molecule has 0 saturated heterocycles. The molecule has 2 aromatic rings. The number of hydrogen-bond donors (Lipinski definition) is 2. The van der Waals surface area contributed by atoms with E-state index in [0.717, 1.165) is 16.0 Å². The predicted molar refractivity (Wildman–Crippen MR) is 83.9 cm³/mol. The molecule has 0 unspecified atom stereocenters. The number of aromatic nitrogens is 1. The standard InChI is InChI=1S/C15H17BrN2O3/c1-2-20-12-3-5-13(6-4-12)21-8-7-17-15(19)14-9-11(16)10-18-14/h3-6,9-10,18H,2,7-8H2,1H3,(H,17,19). The van der Waals surface area contributed by atoms with Crippen molar-refractivity contribution >= 4 is 21.8 Å². The van der Waals surface area contributed by atoms with E-state index >= 15 is 0 Å². The normalized spacial score (nSPS) is 10.2. The van der Waals surface area contributed by atoms with Crippen LogP contribution in [0.5, 0.6) is 11.5 Å². The van der Waals surface area contributed by atoms with E-state index in [-0.39, 0.29) is 5.91 Å². The van der Waals surface area contributed by atoms with Gasteiger partial charge in [-0.05, 0) is 53.2 Å². The zero-order valence-electron chi connectivity index (χ0n) is 11.7. The van der Waals surface area contributed by atoms with Gasteiger partial charge in [0.05, 0.1) is 13.2 Å². The third kappa shape index (κ3) is 4.82. The van der Waals surface area contributed by atoms with Crippen molar-refractivity contribution in [2.45, 2.75) is 6.92 Å². The lowest BCUT2D eigenvalue weighted by molar-refractivity contribution is 0.0942. The maximum atomic E-state index is 11.8. The Morgan fingerprint density at radius 3 is 2.48 bits per heavy atom. The molecule has 5 nitrogen and oxygen atoms in total. The van der Waals surface area contributed by atoms with Gasteiger partial charge in [0.1, 0.15) is 23.8 Å². The molecule has 112 valence electrons. The SMILES string of the molecule is CCOc1ccc(OCCNC(=O)c2cc(Br)c[nH]2)cc1. The van der Waals surface area contributed by atoms with E-state index in [1.807, 2.05) is 31.2 Å². The number of hydrogen-bond acceptors (Lipinski definition) is 3. The number of rotatable bonds is 7. The molecular formula is C15H17BrN2O3. The van der Waals surface area contributed by atoms with Gasteiger partial charge in [-0.15, -0.1) is 0 Å². The summed E-state index contributed by atoms with van der Waals surface area (Å²) < 4.78 is 11.7. The van der Waals surface area contributed by atoms with E-state index in [4.69, 9.17) is 9.47 Å². The van der Waals surface area contributed by atoms with Crippen LogP contribution in [0, 0.1) is 0 Å². The van der Waals surface area contributed by atoms with Gasteiger partial charge in [-0.1, -0.05) is 0 Å². The quantitative estimate of drug-likeness (QED) is 0.753. The Hall–Kier alpha value is -1.95. The largest absolute Gasteiger partial charge is 0.494 e. The van der Waals surface area contributed by atoms with E-state index in [9.17, 15) is 4.79 Å². The third-order valence-corrected chi connectivity index (χ3v) is 3.14. The first kappa shape index (κ1) is 15.4. The molecule has 0 bridgehead atoms. The average Bonchev–Trinajstić information content (AvgIpc) is 2.92. The molecule has 0 fully saturated rings. The number of ether oxygens (including phenoxy) is 2. The molecule has 0 spiro atoms. The van der Waals surface area contributed by atoms with Crippen molar-refractivity contribution < 1.29 is 14.3 Å². The van der Waals surface area contributed by atoms with Gasteiger partial charge < -0.3 is 19.8 Å². The molecule has 0 saturated carbocycles. The number of aromatic amines is 1. The lowest BCUT2D eigenvalue weighted by atomic mass is 10.3. The molecule has 1 aromatic carbocycles. The smallest absolute Gasteiger partial charge is 0.267 e. The second kappa shape index (κ2) is 7.73. The summed E-state index contributed by atoms with van der Waals surface area (Å²) in [6.45, 7) is 3.42. The van der Waals surface area contributed by atoms with Crippen molar-refractivity contribution in [3.63, 3.8) is 0 Å². The summed E-state index contributed by atoms with van der Waals surface area (Å²) >= 11 is 3.28. The predicted octanol–water partition coefficient (Wildman–Crippen LogP) is 2.98. The van der Waals surface area contributed by atoms with Gasteiger partial charge in [-0.25, -0.2) is 0 Å². The first-order valence-electron chi connectivity index (χ1n) is 6.67. The van der Waals surface area contributed by atoms with Crippen molar-refractivity contribution in [2.24, 2.45) is 0 Å². The van der Waals surface area contributed by atoms with Gasteiger partial charge in [-0.3, -0.25) is 4.79 Å². The van der Waals surface area contributed by atoms with Crippen molar-refractivity contribution in [3.05, 3.63) is 46.7 Å². The summed E-state index contributed by atoms with van der Waals surface area (Å²) in [5.41, 5.74) is 0.517. The van der Waals surface area contributed by atoms with Crippen LogP contribution < -0.4 is 14.8 Å². The molecule has 2 N–H and O–H groups in total. The Bertz CT molecular complexity index is 581. The number of H-pyrrole nitrogens is 1. The van der Waals surface area contributed by atoms with Crippen LogP contribution in [0.3, 0.4) is 0 Å². The minimum absolute atomic E-state index is 0.156. The Morgan fingerprint density at radius 1 is 1.24 bits per heavy atom. The average molecular weight is 353 g/mol. The summed E-state index contributed by atoms with van der Waals surface area (Å²) in [5.74, 6) is 1.40. The lowest BCUT2D eigenvalue weighted by Gasteiger charge is -2.08. The number of nitrogens with one attached hydrogen (secondary N) is 2. The molecule has 0 atom stereocenters. The first-order chi connectivity index (χ1) is 10.2. The van der Waals surface area contributed by atoms with E-state index in [1.165, 1.54) is 0 Å². The van der Waals surface area contributed by atoms with E-state index in [0.29, 0.717) is 25.5 Å². The fourth-order valence-corrected chi connectivity index (χ4v) is 2.07. The molecule has 2 rings (SSSR count). The van der Waals surface area contributed by atoms with Gasteiger partial charge in [0.25, 0.3) is 5.91 Å². The number of benzene rings is 1. The zero-order valence-corrected chi connectivity index (χ0v) is 13.3. The number of carbonyl (C=O) groups excluding carboxylic acids is 1. The molecule has 1 heterocycles. The maximum absolute atomic E-state index is 11.8. The van der Waals surface area contributed by atoms with Gasteiger partial charge in [-0.2, -0.15) is 0 Å². The van der Waals surface area contributed by atoms with Crippen molar-refractivity contribution in [2.75, 3.05) is 19.8 Å². The molecular weight excluding hydrogens is 336 g/mol. The number of amides is 1. The van der Waals surface area contributed by atoms with E-state index in [2.05, 4.69) is 26.2 Å². The topological polar surface area (TPSA) is 63.4 Å². The fraction of sp³-hybridized carbons (Fsp3) is 0.267. The molecule has 0 radical (unpaired) electrons. The zero-order chi connectivity index (χ0) is 15.1. The van der Waals surface area contributed by atoms with Gasteiger partial charge in [0.2, 0.25) is 0 Å². The molecule has 0 aliphatic rings. The molecule has 1 aromatic heterocycles. The molecule has 0 aliphatic carbocycles. The Morgan fingerprint density at radius 2 is 1.90 bits per heavy atom. The van der Waals surface area contributed by atoms with Crippen LogP contribution in [0.2, 0.25) is 0 Å². The molecule has 6 heteroatoms. The third-order valence-electron chi connectivity index (χ3n) is 2.68. The maximum Gasteiger partial charge on any atom is 0.267 e. The minimum atomic E-state index is -0.156. The van der Waals surface area contributed by atoms with Gasteiger partial charge >= 0.3 is 0 Å². The first-order valence-corrected chi connectivity index (χ1v) is 7.46. The highest BCUT2D eigenvalue weighted by Gasteiger charge is 2.06. The summed E-state index contributed by atoms with van der Waals surface area (Å²) in [6.07, 6.45) is 1.71. The second-order valence-electron chi connectivity index (χ2n) is 4.24. The van der Waals surface area contributed by atoms with Crippen molar-refractivity contribution in [1.29, 1.82) is 0 Å². The number of carbonyl (C=O) groups is 1. The van der Waals surface area contributed by atoms with Crippen LogP contribution in [0.4, 0.5) is 0 Å². The Labute approximate surface area is 131 Å². The van der Waals surface area contributed by atoms with E-state index < -0.39 is 0 Å². The lowest BCUT2D eigenvalue weighted by Crippen LogP contribution is -2.28. The summed E-state index contributed by atoms with van der Waals surface area (Å²) in [6, 6.07) is 9.12. The Balaban J connectivity index is 1.70. The van der Waals surface area contributed by atoms with Crippen molar-refractivity contribution in [1.82, 2.24) is 10.3 Å². The van der Waals surface area contributed by atoms with Crippen molar-refractivity contribution in [3.8, 4) is 11.5 Å². The highest BCUT2D eigenvalue weighted by Crippen LogP contribution is 2.17. The summed E-state index contributed by atoms with van der Waals surface area (Å²) in [4.78, 5) is 14.6. The van der Waals surface area contributed by atoms with Gasteiger partial charge in [0, 0.05) is 10.7 Å². The summed E-state index contributed by atoms with van der Waals surface area (Å²) in [5, 5.41) is 2.77. The van der Waals surface area contributed by atoms with Crippen LogP contribution in [-0.2, 0) is 0 Å². The molecule has 1 amide bonds. The van der Waals surface area contributed by atoms with Crippen LogP contribution >= 0.6 is 15.9 Å². The highest BCUT2D eigenvalue weighted by atomic mass is 79.9. The second-order valence-corrected chi connectivity index (χ2v) is 5.16. The monoisotopic (exact) mass is 352 g/mol. The van der Waals surface area contributed by atoms with Crippen LogP contribution in [0.25, 0.3) is 0 Å². The van der Waals surface area contributed by atoms with Crippen LogP contribution in [0.1, 0.15) is 17.4 Å². The van der Waals surface area contributed by atoms with Crippen LogP contribution in [-0.4, -0.2) is 30.6 Å². The summed E-state index contributed by atoms with van der Waals surface area (Å²) in [7, 11) is 0. The van der Waals surface area contributed by atoms with Crippen LogP contribution in [0.15, 0.2) is 41.0 Å². The molecule has 21 heavy (non-hydrogen) atoms. The Kier molecular flexibility index (Phi) is 5.68. The molecule has 0 aliphatic heterocycles. The minimum Gasteiger partial charge on any atom is -0.494 e. The van der Waals surface area contributed by atoms with E-state index in [1.54, 1.807) is 12.3 Å². The number of halogens is 1. The fourth-order valence-electron chi connectivity index (χ4n) is 1.73.